The van der Waals surface area contributed by atoms with Gasteiger partial charge in [-0.05, 0) is 23.1 Å². The Morgan fingerprint density at radius 3 is 1.95 bits per heavy atom. The van der Waals surface area contributed by atoms with E-state index in [0.717, 1.165) is 0 Å². The molecule has 2 heteroatoms. The third-order valence-electron chi connectivity index (χ3n) is 4.50. The van der Waals surface area contributed by atoms with E-state index in [9.17, 15) is 0 Å². The van der Waals surface area contributed by atoms with Crippen LogP contribution in [0.25, 0.3) is 10.4 Å². The van der Waals surface area contributed by atoms with Crippen LogP contribution in [0.1, 0.15) is 26.3 Å². The molecule has 0 unspecified atom stereocenters. The van der Waals surface area contributed by atoms with Crippen LogP contribution in [0.15, 0.2) is 36.4 Å². The maximum atomic E-state index is 2.41. The molecule has 1 aromatic heterocycles. The van der Waals surface area contributed by atoms with Crippen molar-refractivity contribution in [2.75, 3.05) is 0 Å². The Bertz CT molecular complexity index is 512. The Hall–Kier alpha value is -0.863. The summed E-state index contributed by atoms with van der Waals surface area (Å²) in [6.45, 7) is 9.28. The molecule has 0 bridgehead atoms. The molecule has 0 nitrogen and oxygen atoms in total. The van der Waals surface area contributed by atoms with E-state index < -0.39 is 8.07 Å². The van der Waals surface area contributed by atoms with E-state index in [2.05, 4.69) is 64.1 Å². The molecule has 19 heavy (non-hydrogen) atoms. The van der Waals surface area contributed by atoms with Crippen LogP contribution >= 0.6 is 11.3 Å². The maximum absolute atomic E-state index is 2.41. The molecule has 1 aromatic carbocycles. The van der Waals surface area contributed by atoms with Gasteiger partial charge in [0.1, 0.15) is 0 Å². The summed E-state index contributed by atoms with van der Waals surface area (Å²) >= 11 is 2.03. The van der Waals surface area contributed by atoms with Crippen LogP contribution in [-0.2, 0) is 0 Å². The monoisotopic (exact) mass is 288 g/mol. The molecule has 0 N–H and O–H groups in total. The van der Waals surface area contributed by atoms with Crippen LogP contribution in [0, 0.1) is 6.92 Å². The summed E-state index contributed by atoms with van der Waals surface area (Å²) in [5, 5.41) is 0. The maximum Gasteiger partial charge on any atom is 0.0987 e. The van der Waals surface area contributed by atoms with E-state index in [1.807, 2.05) is 11.3 Å². The van der Waals surface area contributed by atoms with Crippen LogP contribution in [0.4, 0.5) is 0 Å². The molecule has 0 amide bonds. The highest BCUT2D eigenvalue weighted by Gasteiger charge is 2.30. The molecule has 1 heterocycles. The Balaban J connectivity index is 2.35. The normalized spacial score (nSPS) is 11.8. The number of thiophene rings is 1. The predicted molar refractivity (Wildman–Crippen MR) is 91.3 cm³/mol. The van der Waals surface area contributed by atoms with Gasteiger partial charge in [-0.1, -0.05) is 74.8 Å². The van der Waals surface area contributed by atoms with E-state index in [1.54, 1.807) is 4.50 Å². The highest BCUT2D eigenvalue weighted by atomic mass is 32.1. The van der Waals surface area contributed by atoms with Crippen LogP contribution in [0.2, 0.25) is 18.1 Å². The minimum Gasteiger partial charge on any atom is -0.145 e. The molecule has 0 saturated heterocycles. The topological polar surface area (TPSA) is 0 Å². The lowest BCUT2D eigenvalue weighted by atomic mass is 10.1. The largest absolute Gasteiger partial charge is 0.145 e. The van der Waals surface area contributed by atoms with Gasteiger partial charge in [-0.15, -0.1) is 11.3 Å². The fourth-order valence-corrected chi connectivity index (χ4v) is 9.01. The van der Waals surface area contributed by atoms with Crippen molar-refractivity contribution in [3.63, 3.8) is 0 Å². The highest BCUT2D eigenvalue weighted by Crippen LogP contribution is 2.29. The summed E-state index contributed by atoms with van der Waals surface area (Å²) < 4.78 is 1.69. The second kappa shape index (κ2) is 6.06. The minimum absolute atomic E-state index is 1.20. The first-order valence-electron chi connectivity index (χ1n) is 7.32. The van der Waals surface area contributed by atoms with Crippen LogP contribution < -0.4 is 4.50 Å². The SMILES string of the molecule is CC[Si](CC)(CC)c1ccc(-c2ccc(C)cc2)s1. The lowest BCUT2D eigenvalue weighted by Gasteiger charge is -2.26. The molecular weight excluding hydrogens is 264 g/mol. The van der Waals surface area contributed by atoms with E-state index in [0.29, 0.717) is 0 Å². The van der Waals surface area contributed by atoms with Crippen LogP contribution in [-0.4, -0.2) is 8.07 Å². The first-order valence-corrected chi connectivity index (χ1v) is 10.8. The fourth-order valence-electron chi connectivity index (χ4n) is 2.77. The number of aryl methyl sites for hydroxylation is 1. The molecule has 2 aromatic rings. The van der Waals surface area contributed by atoms with Gasteiger partial charge in [0.25, 0.3) is 0 Å². The molecule has 102 valence electrons. The quantitative estimate of drug-likeness (QED) is 0.643. The Labute approximate surface area is 122 Å². The molecule has 0 aliphatic rings. The molecule has 0 aliphatic heterocycles. The highest BCUT2D eigenvalue weighted by molar-refractivity contribution is 7.29. The van der Waals surface area contributed by atoms with Gasteiger partial charge >= 0.3 is 0 Å². The fraction of sp³-hybridized carbons (Fsp3) is 0.412. The summed E-state index contributed by atoms with van der Waals surface area (Å²) in [4.78, 5) is 1.43. The number of benzene rings is 1. The molecule has 0 atom stereocenters. The van der Waals surface area contributed by atoms with Gasteiger partial charge in [0.2, 0.25) is 0 Å². The Kier molecular flexibility index (Phi) is 4.64. The van der Waals surface area contributed by atoms with Gasteiger partial charge in [0.05, 0.1) is 8.07 Å². The van der Waals surface area contributed by atoms with Crippen molar-refractivity contribution in [3.05, 3.63) is 42.0 Å². The zero-order valence-corrected chi connectivity index (χ0v) is 14.3. The van der Waals surface area contributed by atoms with Crippen molar-refractivity contribution in [2.45, 2.75) is 45.8 Å². The summed E-state index contributed by atoms with van der Waals surface area (Å²) in [7, 11) is -1.20. The van der Waals surface area contributed by atoms with Gasteiger partial charge in [-0.25, -0.2) is 0 Å². The molecule has 0 saturated carbocycles. The summed E-state index contributed by atoms with van der Waals surface area (Å²) in [5.41, 5.74) is 2.70. The zero-order valence-electron chi connectivity index (χ0n) is 12.5. The van der Waals surface area contributed by atoms with Gasteiger partial charge in [0.15, 0.2) is 0 Å². The van der Waals surface area contributed by atoms with Crippen LogP contribution in [0.3, 0.4) is 0 Å². The van der Waals surface area contributed by atoms with Crippen molar-refractivity contribution in [1.82, 2.24) is 0 Å². The van der Waals surface area contributed by atoms with Gasteiger partial charge in [-0.3, -0.25) is 0 Å². The molecule has 0 radical (unpaired) electrons. The molecule has 2 rings (SSSR count). The Morgan fingerprint density at radius 2 is 1.42 bits per heavy atom. The van der Waals surface area contributed by atoms with Crippen molar-refractivity contribution in [2.24, 2.45) is 0 Å². The zero-order chi connectivity index (χ0) is 13.9. The summed E-state index contributed by atoms with van der Waals surface area (Å²) in [6.07, 6.45) is 0. The first-order chi connectivity index (χ1) is 9.15. The first kappa shape index (κ1) is 14.5. The third-order valence-corrected chi connectivity index (χ3v) is 12.3. The number of hydrogen-bond donors (Lipinski definition) is 0. The van der Waals surface area contributed by atoms with Gasteiger partial charge in [0, 0.05) is 4.88 Å². The van der Waals surface area contributed by atoms with Crippen molar-refractivity contribution in [1.29, 1.82) is 0 Å². The second-order valence-electron chi connectivity index (χ2n) is 5.37. The molecule has 0 aliphatic carbocycles. The standard InChI is InChI=1S/C17H24SSi/c1-5-19(6-2,7-3)17-13-12-16(18-17)15-10-8-14(4)9-11-15/h8-13H,5-7H2,1-4H3. The molecule has 0 spiro atoms. The van der Waals surface area contributed by atoms with Gasteiger partial charge < -0.3 is 0 Å². The third kappa shape index (κ3) is 2.85. The van der Waals surface area contributed by atoms with Crippen molar-refractivity contribution >= 4 is 23.9 Å². The van der Waals surface area contributed by atoms with Gasteiger partial charge in [-0.2, -0.15) is 0 Å². The average Bonchev–Trinajstić information content (AvgIpc) is 2.93. The molecule has 0 fully saturated rings. The van der Waals surface area contributed by atoms with E-state index >= 15 is 0 Å². The smallest absolute Gasteiger partial charge is 0.0987 e. The second-order valence-corrected chi connectivity index (χ2v) is 12.0. The lowest BCUT2D eigenvalue weighted by Crippen LogP contribution is -2.43. The van der Waals surface area contributed by atoms with Crippen molar-refractivity contribution in [3.8, 4) is 10.4 Å². The minimum atomic E-state index is -1.20. The van der Waals surface area contributed by atoms with Crippen molar-refractivity contribution < 1.29 is 0 Å². The summed E-state index contributed by atoms with van der Waals surface area (Å²) in [5.74, 6) is 0. The van der Waals surface area contributed by atoms with E-state index in [1.165, 1.54) is 34.1 Å². The Morgan fingerprint density at radius 1 is 0.842 bits per heavy atom. The molecular formula is C17H24SSi. The average molecular weight is 289 g/mol. The van der Waals surface area contributed by atoms with E-state index in [-0.39, 0.29) is 0 Å². The number of rotatable bonds is 5. The predicted octanol–water partition coefficient (Wildman–Crippen LogP) is 5.44. The number of hydrogen-bond acceptors (Lipinski definition) is 1. The summed E-state index contributed by atoms with van der Waals surface area (Å²) in [6, 6.07) is 17.7. The van der Waals surface area contributed by atoms with Crippen LogP contribution in [0.5, 0.6) is 0 Å². The van der Waals surface area contributed by atoms with E-state index in [4.69, 9.17) is 0 Å². The lowest BCUT2D eigenvalue weighted by molar-refractivity contribution is 1.20.